The van der Waals surface area contributed by atoms with Crippen LogP contribution in [0.5, 0.6) is 0 Å². The van der Waals surface area contributed by atoms with Gasteiger partial charge in [-0.3, -0.25) is 29.4 Å². The van der Waals surface area contributed by atoms with Crippen molar-refractivity contribution in [1.29, 1.82) is 0 Å². The summed E-state index contributed by atoms with van der Waals surface area (Å²) >= 11 is 5.74. The molecule has 2 N–H and O–H groups in total. The molecule has 140 valence electrons. The number of carbonyl (C=O) groups is 3. The quantitative estimate of drug-likeness (QED) is 0.416. The molecule has 1 aromatic rings. The number of hydrogen-bond acceptors (Lipinski definition) is 7. The minimum Gasteiger partial charge on any atom is -0.469 e. The van der Waals surface area contributed by atoms with Crippen molar-refractivity contribution in [3.8, 4) is 0 Å². The van der Waals surface area contributed by atoms with Gasteiger partial charge in [0.25, 0.3) is 5.69 Å². The number of nitro groups is 1. The smallest absolute Gasteiger partial charge is 0.307 e. The molecule has 11 heteroatoms. The minimum absolute atomic E-state index is 0.00428. The lowest BCUT2D eigenvalue weighted by Gasteiger charge is -2.33. The van der Waals surface area contributed by atoms with Crippen LogP contribution in [0.2, 0.25) is 5.02 Å². The van der Waals surface area contributed by atoms with Crippen molar-refractivity contribution < 1.29 is 24.0 Å². The number of amides is 2. The van der Waals surface area contributed by atoms with Gasteiger partial charge >= 0.3 is 5.97 Å². The van der Waals surface area contributed by atoms with E-state index in [2.05, 4.69) is 15.4 Å². The standard InChI is InChI=1S/C15H17ClN4O6/c1-26-14(22)7-12-15(23)17-4-5-19(12)8-13(21)18-10-3-2-9(16)6-11(10)20(24)25/h2-3,6,12H,4-5,7-8H2,1H3,(H,17,23)(H,18,21)/t12-/m0/s1. The second-order valence-corrected chi connectivity index (χ2v) is 5.96. The maximum absolute atomic E-state index is 12.3. The second-order valence-electron chi connectivity index (χ2n) is 5.52. The molecule has 0 bridgehead atoms. The van der Waals surface area contributed by atoms with Crippen LogP contribution in [0.25, 0.3) is 0 Å². The molecule has 0 spiro atoms. The third kappa shape index (κ3) is 4.90. The van der Waals surface area contributed by atoms with Gasteiger partial charge in [0.15, 0.2) is 0 Å². The summed E-state index contributed by atoms with van der Waals surface area (Å²) < 4.78 is 4.57. The van der Waals surface area contributed by atoms with Gasteiger partial charge in [0, 0.05) is 24.2 Å². The number of ether oxygens (including phenoxy) is 1. The van der Waals surface area contributed by atoms with Gasteiger partial charge in [-0.05, 0) is 12.1 Å². The van der Waals surface area contributed by atoms with E-state index in [1.807, 2.05) is 0 Å². The van der Waals surface area contributed by atoms with E-state index in [1.54, 1.807) is 0 Å². The van der Waals surface area contributed by atoms with E-state index in [-0.39, 0.29) is 35.3 Å². The predicted octanol–water partition coefficient (Wildman–Crippen LogP) is 0.550. The van der Waals surface area contributed by atoms with Crippen molar-refractivity contribution in [2.75, 3.05) is 32.1 Å². The Morgan fingerprint density at radius 1 is 1.50 bits per heavy atom. The number of methoxy groups -OCH3 is 1. The third-order valence-electron chi connectivity index (χ3n) is 3.81. The molecule has 0 aliphatic carbocycles. The normalized spacial score (nSPS) is 17.3. The molecule has 2 amide bonds. The first-order chi connectivity index (χ1) is 12.3. The molecule has 2 rings (SSSR count). The molecule has 0 unspecified atom stereocenters. The molecular formula is C15H17ClN4O6. The summed E-state index contributed by atoms with van der Waals surface area (Å²) in [5.74, 6) is -1.52. The molecule has 1 aliphatic heterocycles. The molecule has 10 nitrogen and oxygen atoms in total. The van der Waals surface area contributed by atoms with Crippen molar-refractivity contribution >= 4 is 40.8 Å². The van der Waals surface area contributed by atoms with Crippen LogP contribution >= 0.6 is 11.6 Å². The van der Waals surface area contributed by atoms with Crippen LogP contribution < -0.4 is 10.6 Å². The van der Waals surface area contributed by atoms with Gasteiger partial charge in [-0.15, -0.1) is 0 Å². The van der Waals surface area contributed by atoms with Gasteiger partial charge in [0.05, 0.1) is 25.0 Å². The lowest BCUT2D eigenvalue weighted by atomic mass is 10.1. The topological polar surface area (TPSA) is 131 Å². The lowest BCUT2D eigenvalue weighted by molar-refractivity contribution is -0.383. The third-order valence-corrected chi connectivity index (χ3v) is 4.04. The average molecular weight is 385 g/mol. The monoisotopic (exact) mass is 384 g/mol. The maximum atomic E-state index is 12.3. The van der Waals surface area contributed by atoms with E-state index in [9.17, 15) is 24.5 Å². The van der Waals surface area contributed by atoms with Crippen molar-refractivity contribution in [2.45, 2.75) is 12.5 Å². The molecule has 1 heterocycles. The first kappa shape index (κ1) is 19.6. The summed E-state index contributed by atoms with van der Waals surface area (Å²) in [6.07, 6.45) is -0.198. The maximum Gasteiger partial charge on any atom is 0.307 e. The highest BCUT2D eigenvalue weighted by molar-refractivity contribution is 6.31. The van der Waals surface area contributed by atoms with Gasteiger partial charge < -0.3 is 15.4 Å². The fourth-order valence-electron chi connectivity index (χ4n) is 2.55. The van der Waals surface area contributed by atoms with Gasteiger partial charge in [-0.1, -0.05) is 11.6 Å². The van der Waals surface area contributed by atoms with Gasteiger partial charge in [0.1, 0.15) is 11.7 Å². The molecule has 0 aromatic heterocycles. The Balaban J connectivity index is 2.09. The summed E-state index contributed by atoms with van der Waals surface area (Å²) in [5.41, 5.74) is -0.344. The van der Waals surface area contributed by atoms with E-state index in [0.717, 1.165) is 6.07 Å². The Bertz CT molecular complexity index is 741. The molecule has 0 radical (unpaired) electrons. The molecule has 26 heavy (non-hydrogen) atoms. The molecular weight excluding hydrogens is 368 g/mol. The highest BCUT2D eigenvalue weighted by Crippen LogP contribution is 2.27. The molecule has 1 saturated heterocycles. The number of hydrogen-bond donors (Lipinski definition) is 2. The van der Waals surface area contributed by atoms with Gasteiger partial charge in [-0.2, -0.15) is 0 Å². The zero-order valence-electron chi connectivity index (χ0n) is 13.9. The van der Waals surface area contributed by atoms with E-state index in [4.69, 9.17) is 11.6 Å². The number of nitro benzene ring substituents is 1. The second kappa shape index (κ2) is 8.59. The fraction of sp³-hybridized carbons (Fsp3) is 0.400. The average Bonchev–Trinajstić information content (AvgIpc) is 2.59. The molecule has 1 aliphatic rings. The van der Waals surface area contributed by atoms with Crippen molar-refractivity contribution in [3.05, 3.63) is 33.3 Å². The van der Waals surface area contributed by atoms with Crippen molar-refractivity contribution in [2.24, 2.45) is 0 Å². The van der Waals surface area contributed by atoms with Crippen molar-refractivity contribution in [3.63, 3.8) is 0 Å². The number of halogens is 1. The van der Waals surface area contributed by atoms with Crippen LogP contribution in [0.3, 0.4) is 0 Å². The molecule has 1 fully saturated rings. The fourth-order valence-corrected chi connectivity index (χ4v) is 2.72. The van der Waals surface area contributed by atoms with Gasteiger partial charge in [-0.25, -0.2) is 0 Å². The predicted molar refractivity (Wildman–Crippen MR) is 91.7 cm³/mol. The summed E-state index contributed by atoms with van der Waals surface area (Å²) in [7, 11) is 1.21. The Morgan fingerprint density at radius 3 is 2.88 bits per heavy atom. The summed E-state index contributed by atoms with van der Waals surface area (Å²) in [4.78, 5) is 47.7. The number of esters is 1. The zero-order valence-corrected chi connectivity index (χ0v) is 14.6. The van der Waals surface area contributed by atoms with Crippen LogP contribution in [0.1, 0.15) is 6.42 Å². The first-order valence-corrected chi connectivity index (χ1v) is 8.02. The van der Waals surface area contributed by atoms with Crippen LogP contribution in [0.15, 0.2) is 18.2 Å². The highest BCUT2D eigenvalue weighted by atomic mass is 35.5. The Hall–Kier alpha value is -2.72. The zero-order chi connectivity index (χ0) is 19.3. The van der Waals surface area contributed by atoms with Crippen LogP contribution in [0.4, 0.5) is 11.4 Å². The number of carbonyl (C=O) groups excluding carboxylic acids is 3. The van der Waals surface area contributed by atoms with Crippen molar-refractivity contribution in [1.82, 2.24) is 10.2 Å². The minimum atomic E-state index is -0.845. The Morgan fingerprint density at radius 2 is 2.23 bits per heavy atom. The largest absolute Gasteiger partial charge is 0.469 e. The number of nitrogens with one attached hydrogen (secondary N) is 2. The van der Waals surface area contributed by atoms with E-state index < -0.39 is 22.8 Å². The number of nitrogens with zero attached hydrogens (tertiary/aromatic N) is 2. The summed E-state index contributed by atoms with van der Waals surface area (Å²) in [6.45, 7) is 0.462. The molecule has 0 saturated carbocycles. The number of anilines is 1. The molecule has 1 atom stereocenters. The number of rotatable bonds is 6. The van der Waals surface area contributed by atoms with Gasteiger partial charge in [0.2, 0.25) is 11.8 Å². The molecule has 1 aromatic carbocycles. The number of benzene rings is 1. The highest BCUT2D eigenvalue weighted by Gasteiger charge is 2.33. The van der Waals surface area contributed by atoms with E-state index in [1.165, 1.54) is 24.1 Å². The summed E-state index contributed by atoms with van der Waals surface area (Å²) in [6, 6.07) is 3.03. The van der Waals surface area contributed by atoms with Crippen LogP contribution in [-0.4, -0.2) is 60.4 Å². The number of piperazine rings is 1. The Kier molecular flexibility index (Phi) is 6.47. The first-order valence-electron chi connectivity index (χ1n) is 7.64. The van der Waals surface area contributed by atoms with Crippen LogP contribution in [0, 0.1) is 10.1 Å². The Labute approximate surface area is 153 Å². The van der Waals surface area contributed by atoms with Crippen LogP contribution in [-0.2, 0) is 19.1 Å². The lowest BCUT2D eigenvalue weighted by Crippen LogP contribution is -2.57. The van der Waals surface area contributed by atoms with E-state index >= 15 is 0 Å². The van der Waals surface area contributed by atoms with E-state index in [0.29, 0.717) is 13.1 Å². The summed E-state index contributed by atoms with van der Waals surface area (Å²) in [5, 5.41) is 16.3. The SMILES string of the molecule is COC(=O)C[C@H]1C(=O)NCCN1CC(=O)Nc1ccc(Cl)cc1[N+](=O)[O-].